The van der Waals surface area contributed by atoms with Crippen molar-refractivity contribution in [1.29, 1.82) is 0 Å². The number of hydrogen-bond donors (Lipinski definition) is 0. The first-order valence-corrected chi connectivity index (χ1v) is 12.5. The Hall–Kier alpha value is -2.73. The molecule has 0 saturated carbocycles. The highest BCUT2D eigenvalue weighted by Gasteiger charge is 2.37. The Morgan fingerprint density at radius 1 is 1.18 bits per heavy atom. The second-order valence-electron chi connectivity index (χ2n) is 9.20. The van der Waals surface area contributed by atoms with Crippen LogP contribution in [0.1, 0.15) is 58.1 Å². The molecule has 2 aliphatic rings. The predicted molar refractivity (Wildman–Crippen MR) is 140 cm³/mol. The summed E-state index contributed by atoms with van der Waals surface area (Å²) in [6, 6.07) is 14.1. The van der Waals surface area contributed by atoms with E-state index in [1.54, 1.807) is 12.0 Å². The number of nitrogens with zero attached hydrogens (tertiary/aromatic N) is 3. The molecule has 1 atom stereocenters. The second kappa shape index (κ2) is 9.26. The van der Waals surface area contributed by atoms with E-state index in [2.05, 4.69) is 44.7 Å². The Bertz CT molecular complexity index is 1110. The van der Waals surface area contributed by atoms with Crippen molar-refractivity contribution in [3.8, 4) is 5.75 Å². The van der Waals surface area contributed by atoms with Crippen LogP contribution in [0.2, 0.25) is 0 Å². The molecule has 1 saturated heterocycles. The maximum Gasteiger partial charge on any atom is 0.266 e. The quantitative estimate of drug-likeness (QED) is 0.479. The normalized spacial score (nSPS) is 22.2. The fourth-order valence-corrected chi connectivity index (χ4v) is 6.09. The zero-order valence-corrected chi connectivity index (χ0v) is 21.2. The molecule has 0 aromatic heterocycles. The van der Waals surface area contributed by atoms with E-state index in [1.807, 2.05) is 43.3 Å². The lowest BCUT2D eigenvalue weighted by Crippen LogP contribution is -2.48. The molecular formula is C27H33N3O2S. The summed E-state index contributed by atoms with van der Waals surface area (Å²) in [4.78, 5) is 22.8. The number of fused-ring (bicyclic) bond motifs is 1. The Kier molecular flexibility index (Phi) is 6.57. The number of para-hydroxylation sites is 1. The number of likely N-dealkylation sites (N-methyl/N-ethyl adjacent to an activating group) is 1. The van der Waals surface area contributed by atoms with Crippen molar-refractivity contribution in [2.24, 2.45) is 4.99 Å². The van der Waals surface area contributed by atoms with E-state index in [4.69, 9.17) is 9.73 Å². The first kappa shape index (κ1) is 23.4. The number of carbonyl (C=O) groups excluding carboxylic acids is 1. The number of hydrogen-bond acceptors (Lipinski definition) is 5. The average molecular weight is 464 g/mol. The van der Waals surface area contributed by atoms with Gasteiger partial charge in [-0.1, -0.05) is 25.1 Å². The average Bonchev–Trinajstić information content (AvgIpc) is 3.07. The molecule has 174 valence electrons. The van der Waals surface area contributed by atoms with Crippen LogP contribution in [0.15, 0.2) is 52.4 Å². The SMILES string of the molecule is CCN1C(=O)/C(=C\c2cc3c(cc2OC)N(CC)C(C)(C)CC3C)SC1=Nc1ccccc1. The van der Waals surface area contributed by atoms with Gasteiger partial charge < -0.3 is 9.64 Å². The standard InChI is InChI=1S/C27H33N3O2S/c1-7-29-25(31)24(33-26(29)28-20-12-10-9-11-13-20)15-19-14-21-18(3)17-27(4,5)30(8-2)22(21)16-23(19)32-6/h9-16,18H,7-8,17H2,1-6H3/b24-15+,28-26?. The van der Waals surface area contributed by atoms with Gasteiger partial charge in [-0.2, -0.15) is 0 Å². The van der Waals surface area contributed by atoms with E-state index < -0.39 is 0 Å². The lowest BCUT2D eigenvalue weighted by Gasteiger charge is -2.47. The third kappa shape index (κ3) is 4.41. The fraction of sp³-hybridized carbons (Fsp3) is 0.407. The highest BCUT2D eigenvalue weighted by molar-refractivity contribution is 8.18. The number of benzene rings is 2. The summed E-state index contributed by atoms with van der Waals surface area (Å²) >= 11 is 1.42. The molecule has 1 unspecified atom stereocenters. The molecule has 0 spiro atoms. The summed E-state index contributed by atoms with van der Waals surface area (Å²) in [5, 5.41) is 0.712. The van der Waals surface area contributed by atoms with Gasteiger partial charge in [0.05, 0.1) is 17.7 Å². The number of carbonyl (C=O) groups is 1. The molecule has 0 bridgehead atoms. The van der Waals surface area contributed by atoms with Crippen LogP contribution in [0.5, 0.6) is 5.75 Å². The van der Waals surface area contributed by atoms with Gasteiger partial charge in [0.1, 0.15) is 5.75 Å². The lowest BCUT2D eigenvalue weighted by molar-refractivity contribution is -0.122. The van der Waals surface area contributed by atoms with Crippen molar-refractivity contribution in [2.45, 2.75) is 52.5 Å². The molecule has 2 aromatic rings. The minimum Gasteiger partial charge on any atom is -0.496 e. The molecule has 0 radical (unpaired) electrons. The number of amidine groups is 1. The molecule has 1 fully saturated rings. The van der Waals surface area contributed by atoms with Crippen molar-refractivity contribution >= 4 is 40.3 Å². The fourth-order valence-electron chi connectivity index (χ4n) is 5.04. The highest BCUT2D eigenvalue weighted by atomic mass is 32.2. The summed E-state index contributed by atoms with van der Waals surface area (Å²) in [6.07, 6.45) is 3.05. The van der Waals surface area contributed by atoms with Gasteiger partial charge in [0.2, 0.25) is 0 Å². The van der Waals surface area contributed by atoms with E-state index in [-0.39, 0.29) is 11.4 Å². The van der Waals surface area contributed by atoms with Gasteiger partial charge in [-0.15, -0.1) is 0 Å². The maximum absolute atomic E-state index is 13.2. The molecule has 6 heteroatoms. The van der Waals surface area contributed by atoms with E-state index in [1.165, 1.54) is 23.0 Å². The van der Waals surface area contributed by atoms with Gasteiger partial charge in [0.25, 0.3) is 5.91 Å². The molecule has 0 N–H and O–H groups in total. The topological polar surface area (TPSA) is 45.1 Å². The van der Waals surface area contributed by atoms with Crippen molar-refractivity contribution in [3.05, 3.63) is 58.5 Å². The monoisotopic (exact) mass is 463 g/mol. The molecule has 5 nitrogen and oxygen atoms in total. The van der Waals surface area contributed by atoms with E-state index >= 15 is 0 Å². The van der Waals surface area contributed by atoms with Gasteiger partial charge in [-0.05, 0) is 81.6 Å². The highest BCUT2D eigenvalue weighted by Crippen LogP contribution is 2.46. The maximum atomic E-state index is 13.2. The third-order valence-electron chi connectivity index (χ3n) is 6.53. The van der Waals surface area contributed by atoms with Gasteiger partial charge in [-0.3, -0.25) is 9.69 Å². The van der Waals surface area contributed by atoms with Crippen LogP contribution < -0.4 is 9.64 Å². The number of aliphatic imine (C=N–C) groups is 1. The molecule has 2 aromatic carbocycles. The summed E-state index contributed by atoms with van der Waals surface area (Å²) < 4.78 is 5.79. The second-order valence-corrected chi connectivity index (χ2v) is 10.2. The summed E-state index contributed by atoms with van der Waals surface area (Å²) in [5.74, 6) is 1.20. The van der Waals surface area contributed by atoms with Gasteiger partial charge in [0.15, 0.2) is 5.17 Å². The van der Waals surface area contributed by atoms with Crippen LogP contribution in [-0.4, -0.2) is 41.7 Å². The Labute approximate surface area is 201 Å². The number of anilines is 1. The zero-order chi connectivity index (χ0) is 23.8. The Morgan fingerprint density at radius 2 is 1.91 bits per heavy atom. The number of amides is 1. The summed E-state index contributed by atoms with van der Waals surface area (Å²) in [5.41, 5.74) is 4.41. The first-order valence-electron chi connectivity index (χ1n) is 11.6. The molecule has 2 heterocycles. The minimum absolute atomic E-state index is 0.0127. The number of ether oxygens (including phenoxy) is 1. The van der Waals surface area contributed by atoms with Gasteiger partial charge in [0, 0.05) is 35.9 Å². The van der Waals surface area contributed by atoms with Crippen molar-refractivity contribution in [1.82, 2.24) is 4.90 Å². The number of rotatable bonds is 5. The van der Waals surface area contributed by atoms with Crippen molar-refractivity contribution in [3.63, 3.8) is 0 Å². The third-order valence-corrected chi connectivity index (χ3v) is 7.53. The van der Waals surface area contributed by atoms with Crippen molar-refractivity contribution in [2.75, 3.05) is 25.1 Å². The molecule has 0 aliphatic carbocycles. The number of thioether (sulfide) groups is 1. The molecular weight excluding hydrogens is 430 g/mol. The minimum atomic E-state index is -0.0127. The van der Waals surface area contributed by atoms with Crippen LogP contribution in [-0.2, 0) is 4.79 Å². The molecule has 1 amide bonds. The smallest absolute Gasteiger partial charge is 0.266 e. The molecule has 33 heavy (non-hydrogen) atoms. The molecule has 2 aliphatic heterocycles. The van der Waals surface area contributed by atoms with Crippen LogP contribution in [0, 0.1) is 0 Å². The molecule has 4 rings (SSSR count). The van der Waals surface area contributed by atoms with E-state index in [9.17, 15) is 4.79 Å². The van der Waals surface area contributed by atoms with E-state index in [0.717, 1.165) is 30.0 Å². The largest absolute Gasteiger partial charge is 0.496 e. The van der Waals surface area contributed by atoms with Crippen LogP contribution >= 0.6 is 11.8 Å². The predicted octanol–water partition coefficient (Wildman–Crippen LogP) is 6.43. The van der Waals surface area contributed by atoms with Crippen LogP contribution in [0.25, 0.3) is 6.08 Å². The Balaban J connectivity index is 1.75. The summed E-state index contributed by atoms with van der Waals surface area (Å²) in [7, 11) is 1.70. The first-order chi connectivity index (χ1) is 15.8. The number of methoxy groups -OCH3 is 1. The lowest BCUT2D eigenvalue weighted by atomic mass is 9.79. The summed E-state index contributed by atoms with van der Waals surface area (Å²) in [6.45, 7) is 12.6. The van der Waals surface area contributed by atoms with E-state index in [0.29, 0.717) is 22.5 Å². The Morgan fingerprint density at radius 3 is 2.55 bits per heavy atom. The van der Waals surface area contributed by atoms with Crippen LogP contribution in [0.4, 0.5) is 11.4 Å². The van der Waals surface area contributed by atoms with Gasteiger partial charge in [-0.25, -0.2) is 4.99 Å². The van der Waals surface area contributed by atoms with Gasteiger partial charge >= 0.3 is 0 Å². The van der Waals surface area contributed by atoms with Crippen molar-refractivity contribution < 1.29 is 9.53 Å². The zero-order valence-electron chi connectivity index (χ0n) is 20.4. The van der Waals surface area contributed by atoms with Crippen LogP contribution in [0.3, 0.4) is 0 Å².